The van der Waals surface area contributed by atoms with E-state index in [1.807, 2.05) is 0 Å². The topological polar surface area (TPSA) is 89.9 Å². The van der Waals surface area contributed by atoms with Crippen LogP contribution in [0.15, 0.2) is 28.6 Å². The second kappa shape index (κ2) is 4.89. The molecule has 0 spiro atoms. The minimum absolute atomic E-state index is 0.229. The Bertz CT molecular complexity index is 832. The maximum atomic E-state index is 11.9. The first kappa shape index (κ1) is 12.5. The molecule has 0 bridgehead atoms. The van der Waals surface area contributed by atoms with E-state index in [0.717, 1.165) is 0 Å². The number of nitrogens with zero attached hydrogens (tertiary/aromatic N) is 3. The Kier molecular flexibility index (Phi) is 3.07. The highest BCUT2D eigenvalue weighted by molar-refractivity contribution is 7.17. The van der Waals surface area contributed by atoms with Gasteiger partial charge in [-0.1, -0.05) is 0 Å². The molecule has 0 aromatic carbocycles. The number of carbonyl (C=O) groups is 1. The first-order valence-corrected chi connectivity index (χ1v) is 6.76. The number of thiophene rings is 1. The zero-order valence-electron chi connectivity index (χ0n) is 10.5. The number of carbonyl (C=O) groups excluding carboxylic acids is 1. The Morgan fingerprint density at radius 1 is 1.55 bits per heavy atom. The predicted octanol–water partition coefficient (Wildman–Crippen LogP) is 1.35. The van der Waals surface area contributed by atoms with Gasteiger partial charge in [0.15, 0.2) is 0 Å². The minimum atomic E-state index is -0.460. The molecule has 3 aromatic rings. The second-order valence-electron chi connectivity index (χ2n) is 3.92. The highest BCUT2D eigenvalue weighted by atomic mass is 32.1. The molecule has 20 heavy (non-hydrogen) atoms. The van der Waals surface area contributed by atoms with Gasteiger partial charge in [0.2, 0.25) is 5.95 Å². The van der Waals surface area contributed by atoms with Crippen molar-refractivity contribution in [2.45, 2.75) is 6.92 Å². The SMILES string of the molecule is CCOC(=O)c1cnn(-c2nc3ccsc3c(=O)[nH]2)c1. The summed E-state index contributed by atoms with van der Waals surface area (Å²) < 4.78 is 6.78. The molecule has 3 heterocycles. The van der Waals surface area contributed by atoms with Crippen LogP contribution in [0.2, 0.25) is 0 Å². The molecule has 0 atom stereocenters. The van der Waals surface area contributed by atoms with Gasteiger partial charge in [0.05, 0.1) is 23.9 Å². The number of aromatic nitrogens is 4. The summed E-state index contributed by atoms with van der Waals surface area (Å²) >= 11 is 1.32. The Balaban J connectivity index is 2.03. The van der Waals surface area contributed by atoms with Gasteiger partial charge in [-0.25, -0.2) is 14.5 Å². The number of rotatable bonds is 3. The summed E-state index contributed by atoms with van der Waals surface area (Å²) in [6.07, 6.45) is 2.84. The first-order valence-electron chi connectivity index (χ1n) is 5.88. The maximum absolute atomic E-state index is 11.9. The lowest BCUT2D eigenvalue weighted by molar-refractivity contribution is 0.0526. The van der Waals surface area contributed by atoms with Crippen LogP contribution < -0.4 is 5.56 Å². The van der Waals surface area contributed by atoms with Crippen LogP contribution >= 0.6 is 11.3 Å². The van der Waals surface area contributed by atoms with E-state index in [1.54, 1.807) is 18.4 Å². The molecule has 0 aliphatic carbocycles. The van der Waals surface area contributed by atoms with Crippen LogP contribution in [-0.4, -0.2) is 32.3 Å². The first-order chi connectivity index (χ1) is 9.69. The zero-order valence-corrected chi connectivity index (χ0v) is 11.3. The fourth-order valence-electron chi connectivity index (χ4n) is 1.73. The summed E-state index contributed by atoms with van der Waals surface area (Å²) in [6, 6.07) is 1.76. The molecule has 0 aliphatic rings. The Hall–Kier alpha value is -2.48. The van der Waals surface area contributed by atoms with Gasteiger partial charge in [0, 0.05) is 6.20 Å². The molecular formula is C12H10N4O3S. The van der Waals surface area contributed by atoms with Crippen LogP contribution in [0, 0.1) is 0 Å². The van der Waals surface area contributed by atoms with Crippen molar-refractivity contribution in [2.75, 3.05) is 6.61 Å². The van der Waals surface area contributed by atoms with Gasteiger partial charge in [-0.15, -0.1) is 11.3 Å². The highest BCUT2D eigenvalue weighted by Gasteiger charge is 2.12. The van der Waals surface area contributed by atoms with Gasteiger partial charge >= 0.3 is 5.97 Å². The van der Waals surface area contributed by atoms with Crippen LogP contribution in [0.5, 0.6) is 0 Å². The molecule has 7 nitrogen and oxygen atoms in total. The minimum Gasteiger partial charge on any atom is -0.462 e. The highest BCUT2D eigenvalue weighted by Crippen LogP contribution is 2.15. The van der Waals surface area contributed by atoms with E-state index < -0.39 is 5.97 Å². The van der Waals surface area contributed by atoms with Crippen molar-refractivity contribution in [1.29, 1.82) is 0 Å². The van der Waals surface area contributed by atoms with E-state index >= 15 is 0 Å². The van der Waals surface area contributed by atoms with Crippen molar-refractivity contribution in [3.05, 3.63) is 39.8 Å². The van der Waals surface area contributed by atoms with Crippen molar-refractivity contribution < 1.29 is 9.53 Å². The normalized spacial score (nSPS) is 10.8. The third-order valence-electron chi connectivity index (χ3n) is 2.61. The number of hydrogen-bond donors (Lipinski definition) is 1. The molecule has 3 rings (SSSR count). The summed E-state index contributed by atoms with van der Waals surface area (Å²) in [7, 11) is 0. The van der Waals surface area contributed by atoms with Gasteiger partial charge in [0.1, 0.15) is 4.70 Å². The number of esters is 1. The summed E-state index contributed by atoms with van der Waals surface area (Å²) in [5, 5.41) is 5.80. The van der Waals surface area contributed by atoms with E-state index in [4.69, 9.17) is 4.74 Å². The largest absolute Gasteiger partial charge is 0.462 e. The average Bonchev–Trinajstić information content (AvgIpc) is 3.08. The van der Waals surface area contributed by atoms with Crippen molar-refractivity contribution >= 4 is 27.5 Å². The van der Waals surface area contributed by atoms with Crippen LogP contribution in [0.4, 0.5) is 0 Å². The standard InChI is InChI=1S/C12H10N4O3S/c1-2-19-11(18)7-5-13-16(6-7)12-14-8-3-4-20-9(8)10(17)15-12/h3-6H,2H2,1H3,(H,14,15,17). The summed E-state index contributed by atoms with van der Waals surface area (Å²) in [5.74, 6) is -0.200. The molecule has 0 saturated heterocycles. The Morgan fingerprint density at radius 3 is 3.20 bits per heavy atom. The summed E-state index contributed by atoms with van der Waals surface area (Å²) in [6.45, 7) is 2.02. The fraction of sp³-hybridized carbons (Fsp3) is 0.167. The van der Waals surface area contributed by atoms with E-state index in [2.05, 4.69) is 15.1 Å². The monoisotopic (exact) mass is 290 g/mol. The van der Waals surface area contributed by atoms with Crippen molar-refractivity contribution in [1.82, 2.24) is 19.7 Å². The molecule has 0 unspecified atom stereocenters. The Labute approximate surface area is 116 Å². The fourth-order valence-corrected chi connectivity index (χ4v) is 2.45. The van der Waals surface area contributed by atoms with Crippen molar-refractivity contribution in [2.24, 2.45) is 0 Å². The predicted molar refractivity (Wildman–Crippen MR) is 73.3 cm³/mol. The zero-order chi connectivity index (χ0) is 14.1. The molecule has 0 radical (unpaired) electrons. The van der Waals surface area contributed by atoms with Gasteiger partial charge in [-0.05, 0) is 18.4 Å². The number of hydrogen-bond acceptors (Lipinski definition) is 6. The third-order valence-corrected chi connectivity index (χ3v) is 3.52. The van der Waals surface area contributed by atoms with Crippen LogP contribution in [0.25, 0.3) is 16.2 Å². The smallest absolute Gasteiger partial charge is 0.341 e. The lowest BCUT2D eigenvalue weighted by atomic mass is 10.4. The molecule has 1 N–H and O–H groups in total. The maximum Gasteiger partial charge on any atom is 0.341 e. The van der Waals surface area contributed by atoms with Gasteiger partial charge < -0.3 is 4.74 Å². The van der Waals surface area contributed by atoms with Gasteiger partial charge in [0.25, 0.3) is 5.56 Å². The number of ether oxygens (including phenoxy) is 1. The summed E-state index contributed by atoms with van der Waals surface area (Å²) in [5.41, 5.74) is 0.676. The van der Waals surface area contributed by atoms with E-state index in [9.17, 15) is 9.59 Å². The lowest BCUT2D eigenvalue weighted by Crippen LogP contribution is -2.12. The van der Waals surface area contributed by atoms with Gasteiger partial charge in [-0.3, -0.25) is 9.78 Å². The second-order valence-corrected chi connectivity index (χ2v) is 4.83. The van der Waals surface area contributed by atoms with Crippen LogP contribution in [-0.2, 0) is 4.74 Å². The third kappa shape index (κ3) is 2.10. The van der Waals surface area contributed by atoms with Crippen LogP contribution in [0.3, 0.4) is 0 Å². The average molecular weight is 290 g/mol. The molecule has 0 saturated carbocycles. The Morgan fingerprint density at radius 2 is 2.40 bits per heavy atom. The van der Waals surface area contributed by atoms with Gasteiger partial charge in [-0.2, -0.15) is 5.10 Å². The molecule has 8 heteroatoms. The van der Waals surface area contributed by atoms with Crippen molar-refractivity contribution in [3.8, 4) is 5.95 Å². The lowest BCUT2D eigenvalue weighted by Gasteiger charge is -2.00. The molecule has 0 fully saturated rings. The number of aromatic amines is 1. The van der Waals surface area contributed by atoms with Crippen molar-refractivity contribution in [3.63, 3.8) is 0 Å². The number of fused-ring (bicyclic) bond motifs is 1. The molecule has 0 amide bonds. The quantitative estimate of drug-likeness (QED) is 0.735. The van der Waals surface area contributed by atoms with Crippen LogP contribution in [0.1, 0.15) is 17.3 Å². The molecule has 3 aromatic heterocycles. The van der Waals surface area contributed by atoms with E-state index in [-0.39, 0.29) is 11.5 Å². The van der Waals surface area contributed by atoms with E-state index in [0.29, 0.717) is 22.4 Å². The number of H-pyrrole nitrogens is 1. The molecule has 0 aliphatic heterocycles. The summed E-state index contributed by atoms with van der Waals surface area (Å²) in [4.78, 5) is 30.3. The number of nitrogens with one attached hydrogen (secondary N) is 1. The molecular weight excluding hydrogens is 280 g/mol. The molecule has 102 valence electrons. The van der Waals surface area contributed by atoms with E-state index in [1.165, 1.54) is 28.4 Å².